The number of fused-ring (bicyclic) bond motifs is 1. The maximum atomic E-state index is 11.9. The third-order valence-electron chi connectivity index (χ3n) is 4.69. The molecule has 0 spiro atoms. The Labute approximate surface area is 193 Å². The number of azo groups is 1. The summed E-state index contributed by atoms with van der Waals surface area (Å²) >= 11 is 4.72. The molecule has 1 aliphatic heterocycles. The van der Waals surface area contributed by atoms with Crippen LogP contribution in [0.1, 0.15) is 27.0 Å². The number of benzene rings is 1. The smallest absolute Gasteiger partial charge is 0.303 e. The van der Waals surface area contributed by atoms with E-state index in [1.807, 2.05) is 0 Å². The first-order valence-electron chi connectivity index (χ1n) is 9.76. The molecule has 0 radical (unpaired) electrons. The third kappa shape index (κ3) is 5.26. The molecule has 3 rings (SSSR count). The molecule has 2 heterocycles. The lowest BCUT2D eigenvalue weighted by Crippen LogP contribution is -2.55. The van der Waals surface area contributed by atoms with Crippen molar-refractivity contribution in [1.29, 1.82) is 0 Å². The quantitative estimate of drug-likeness (QED) is 0.281. The number of nitrogens with zero attached hydrogens (tertiary/aromatic N) is 3. The topological polar surface area (TPSA) is 164 Å². The Bertz CT molecular complexity index is 1130. The first-order valence-corrected chi connectivity index (χ1v) is 10.2. The number of nitrogens with two attached hydrogens (primary N) is 1. The number of para-hydroxylation sites is 1. The molecule has 0 saturated carbocycles. The summed E-state index contributed by atoms with van der Waals surface area (Å²) in [5.41, 5.74) is 5.89. The number of carbonyl (C=O) groups excluding carboxylic acids is 3. The number of aromatic nitrogens is 1. The van der Waals surface area contributed by atoms with Crippen LogP contribution >= 0.6 is 12.2 Å². The fourth-order valence-electron chi connectivity index (χ4n) is 3.63. The van der Waals surface area contributed by atoms with Crippen LogP contribution in [0.2, 0.25) is 0 Å². The van der Waals surface area contributed by atoms with Gasteiger partial charge in [-0.1, -0.05) is 18.2 Å². The van der Waals surface area contributed by atoms with Gasteiger partial charge in [0.05, 0.1) is 12.1 Å². The molecule has 4 atom stereocenters. The molecule has 33 heavy (non-hydrogen) atoms. The molecular weight excluding hydrogens is 456 g/mol. The summed E-state index contributed by atoms with van der Waals surface area (Å²) in [6.45, 7) is 3.29. The molecule has 12 nitrogen and oxygen atoms in total. The van der Waals surface area contributed by atoms with E-state index in [4.69, 9.17) is 36.9 Å². The molecule has 0 bridgehead atoms. The zero-order chi connectivity index (χ0) is 24.3. The Balaban J connectivity index is 2.16. The Kier molecular flexibility index (Phi) is 7.23. The van der Waals surface area contributed by atoms with Crippen molar-refractivity contribution in [2.75, 3.05) is 6.61 Å². The van der Waals surface area contributed by atoms with Crippen LogP contribution in [0.3, 0.4) is 0 Å². The van der Waals surface area contributed by atoms with E-state index in [1.165, 1.54) is 11.5 Å². The molecule has 1 fully saturated rings. The molecule has 3 N–H and O–H groups in total. The highest BCUT2D eigenvalue weighted by molar-refractivity contribution is 7.80. The number of carbonyl (C=O) groups is 3. The van der Waals surface area contributed by atoms with Gasteiger partial charge in [-0.2, -0.15) is 0 Å². The summed E-state index contributed by atoms with van der Waals surface area (Å²) < 4.78 is 23.2. The lowest BCUT2D eigenvalue weighted by atomic mass is 10.0. The molecule has 1 saturated heterocycles. The average molecular weight is 478 g/mol. The average Bonchev–Trinajstić information content (AvgIpc) is 2.99. The normalized spacial score (nSPS) is 22.8. The van der Waals surface area contributed by atoms with Crippen molar-refractivity contribution in [3.63, 3.8) is 0 Å². The van der Waals surface area contributed by atoms with Crippen molar-refractivity contribution in [2.24, 2.45) is 16.0 Å². The number of hydrogen-bond donors (Lipinski definition) is 2. The number of aromatic hydroxyl groups is 1. The van der Waals surface area contributed by atoms with E-state index in [-0.39, 0.29) is 23.3 Å². The van der Waals surface area contributed by atoms with Gasteiger partial charge in [0.1, 0.15) is 0 Å². The summed E-state index contributed by atoms with van der Waals surface area (Å²) in [6.07, 6.45) is -4.73. The molecule has 0 unspecified atom stereocenters. The maximum absolute atomic E-state index is 11.9. The van der Waals surface area contributed by atoms with E-state index in [9.17, 15) is 19.5 Å². The van der Waals surface area contributed by atoms with Gasteiger partial charge in [-0.25, -0.2) is 0 Å². The van der Waals surface area contributed by atoms with Gasteiger partial charge in [0.15, 0.2) is 30.2 Å². The second-order valence-electron chi connectivity index (χ2n) is 7.12. The molecule has 13 heteroatoms. The molecule has 1 aromatic carbocycles. The molecular formula is C20H22N4O8S. The maximum Gasteiger partial charge on any atom is 0.303 e. The largest absolute Gasteiger partial charge is 0.493 e. The molecule has 1 aromatic heterocycles. The van der Waals surface area contributed by atoms with Crippen molar-refractivity contribution >= 4 is 51.8 Å². The standard InChI is InChI=1S/C20H22N4O8S/c1-9(25)30-14-8-29-19(17(32-11(3)27)16(14)31-10(2)26)24-13-7-5-4-6-12(13)15(18(24)28)22-23-20(21)33/h4-7,14,16-17,19,28H,8H2,1-3H3,(H2,21,33)/t14-,16-,17-,19+/m1/s1. The van der Waals surface area contributed by atoms with E-state index in [0.29, 0.717) is 10.9 Å². The number of esters is 3. The lowest BCUT2D eigenvalue weighted by molar-refractivity contribution is -0.239. The van der Waals surface area contributed by atoms with Crippen LogP contribution in [0.4, 0.5) is 5.69 Å². The van der Waals surface area contributed by atoms with Crippen molar-refractivity contribution in [3.05, 3.63) is 24.3 Å². The molecule has 1 aliphatic rings. The summed E-state index contributed by atoms with van der Waals surface area (Å²) in [4.78, 5) is 35.3. The summed E-state index contributed by atoms with van der Waals surface area (Å²) in [5.74, 6) is -2.43. The molecule has 176 valence electrons. The van der Waals surface area contributed by atoms with Gasteiger partial charge < -0.3 is 29.8 Å². The predicted molar refractivity (Wildman–Crippen MR) is 117 cm³/mol. The fourth-order valence-corrected chi connectivity index (χ4v) is 3.67. The van der Waals surface area contributed by atoms with Crippen LogP contribution in [-0.2, 0) is 33.3 Å². The van der Waals surface area contributed by atoms with Crippen LogP contribution in [0.25, 0.3) is 10.9 Å². The zero-order valence-corrected chi connectivity index (χ0v) is 18.8. The highest BCUT2D eigenvalue weighted by Gasteiger charge is 2.48. The van der Waals surface area contributed by atoms with E-state index >= 15 is 0 Å². The van der Waals surface area contributed by atoms with Gasteiger partial charge in [-0.15, -0.1) is 10.2 Å². The van der Waals surface area contributed by atoms with E-state index in [2.05, 4.69) is 10.2 Å². The van der Waals surface area contributed by atoms with Crippen LogP contribution in [-0.4, -0.2) is 57.6 Å². The van der Waals surface area contributed by atoms with Crippen molar-refractivity contribution in [2.45, 2.75) is 45.3 Å². The Morgan fingerprint density at radius 3 is 2.30 bits per heavy atom. The highest BCUT2D eigenvalue weighted by Crippen LogP contribution is 2.44. The highest BCUT2D eigenvalue weighted by atomic mass is 32.1. The van der Waals surface area contributed by atoms with Crippen LogP contribution < -0.4 is 5.73 Å². The van der Waals surface area contributed by atoms with Crippen LogP contribution in [0.15, 0.2) is 34.5 Å². The van der Waals surface area contributed by atoms with E-state index in [1.54, 1.807) is 24.3 Å². The second kappa shape index (κ2) is 9.92. The Morgan fingerprint density at radius 1 is 1.09 bits per heavy atom. The molecule has 2 aromatic rings. The van der Waals surface area contributed by atoms with Crippen molar-refractivity contribution in [1.82, 2.24) is 4.57 Å². The third-order valence-corrected chi connectivity index (χ3v) is 4.77. The predicted octanol–water partition coefficient (Wildman–Crippen LogP) is 2.00. The van der Waals surface area contributed by atoms with Gasteiger partial charge in [0.2, 0.25) is 11.0 Å². The van der Waals surface area contributed by atoms with Gasteiger partial charge in [-0.05, 0) is 18.3 Å². The summed E-state index contributed by atoms with van der Waals surface area (Å²) in [7, 11) is 0. The number of thiocarbonyl (C=S) groups is 1. The van der Waals surface area contributed by atoms with Crippen LogP contribution in [0, 0.1) is 0 Å². The first kappa shape index (κ1) is 24.1. The Hall–Kier alpha value is -3.58. The number of hydrogen-bond acceptors (Lipinski definition) is 10. The Morgan fingerprint density at radius 2 is 1.70 bits per heavy atom. The van der Waals surface area contributed by atoms with Gasteiger partial charge in [-0.3, -0.25) is 19.0 Å². The zero-order valence-electron chi connectivity index (χ0n) is 18.0. The molecule has 0 amide bonds. The van der Waals surface area contributed by atoms with Crippen molar-refractivity contribution in [3.8, 4) is 5.88 Å². The van der Waals surface area contributed by atoms with Gasteiger partial charge in [0.25, 0.3) is 0 Å². The lowest BCUT2D eigenvalue weighted by Gasteiger charge is -2.41. The summed E-state index contributed by atoms with van der Waals surface area (Å²) in [6, 6.07) is 6.77. The van der Waals surface area contributed by atoms with E-state index < -0.39 is 42.4 Å². The van der Waals surface area contributed by atoms with Gasteiger partial charge >= 0.3 is 17.9 Å². The number of ether oxygens (including phenoxy) is 4. The summed E-state index contributed by atoms with van der Waals surface area (Å²) in [5, 5.41) is 18.8. The van der Waals surface area contributed by atoms with Crippen LogP contribution in [0.5, 0.6) is 5.88 Å². The number of rotatable bonds is 5. The second-order valence-corrected chi connectivity index (χ2v) is 7.54. The first-order chi connectivity index (χ1) is 15.6. The van der Waals surface area contributed by atoms with E-state index in [0.717, 1.165) is 13.8 Å². The fraction of sp³-hybridized carbons (Fsp3) is 0.400. The molecule has 0 aliphatic carbocycles. The minimum Gasteiger partial charge on any atom is -0.493 e. The van der Waals surface area contributed by atoms with Gasteiger partial charge in [0, 0.05) is 26.2 Å². The minimum absolute atomic E-state index is 0.0507. The monoisotopic (exact) mass is 478 g/mol. The SMILES string of the molecule is CC(=O)O[C@@H]1[C@H](OC(C)=O)[C@H](OC(C)=O)CO[C@@H]1n1c(O)c(N=NC(N)=S)c2ccccc21. The van der Waals surface area contributed by atoms with Crippen molar-refractivity contribution < 1.29 is 38.4 Å². The minimum atomic E-state index is -1.29.